The number of aryl methyl sites for hydroxylation is 1. The molecule has 0 bridgehead atoms. The lowest BCUT2D eigenvalue weighted by atomic mass is 10.0. The van der Waals surface area contributed by atoms with Gasteiger partial charge in [-0.2, -0.15) is 4.31 Å². The molecular weight excluding hydrogens is 370 g/mol. The van der Waals surface area contributed by atoms with Crippen LogP contribution in [0.1, 0.15) is 11.8 Å². The van der Waals surface area contributed by atoms with Crippen LogP contribution in [-0.4, -0.2) is 49.1 Å². The standard InChI is InChI=1S/C11H14BrNO5S2/c1-7-8(3-9(12)19-7)20(16,17)13-5-11(2,6-13)18-4-10(14)15/h3H,4-6H2,1-2H3,(H,14,15). The van der Waals surface area contributed by atoms with Gasteiger partial charge in [-0.25, -0.2) is 13.2 Å². The van der Waals surface area contributed by atoms with E-state index in [1.165, 1.54) is 15.6 Å². The van der Waals surface area contributed by atoms with Crippen molar-refractivity contribution in [2.24, 2.45) is 0 Å². The molecule has 1 aromatic heterocycles. The highest BCUT2D eigenvalue weighted by molar-refractivity contribution is 9.11. The number of carbonyl (C=O) groups is 1. The largest absolute Gasteiger partial charge is 0.480 e. The quantitative estimate of drug-likeness (QED) is 0.835. The average Bonchev–Trinajstić information content (AvgIpc) is 2.62. The minimum atomic E-state index is -3.54. The van der Waals surface area contributed by atoms with E-state index in [9.17, 15) is 13.2 Å². The molecule has 112 valence electrons. The molecule has 2 heterocycles. The Labute approximate surface area is 129 Å². The first kappa shape index (κ1) is 15.9. The molecule has 0 saturated carbocycles. The van der Waals surface area contributed by atoms with Crippen molar-refractivity contribution in [1.82, 2.24) is 4.31 Å². The monoisotopic (exact) mass is 383 g/mol. The minimum Gasteiger partial charge on any atom is -0.480 e. The second-order valence-electron chi connectivity index (χ2n) is 4.88. The summed E-state index contributed by atoms with van der Waals surface area (Å²) in [5.74, 6) is -1.06. The van der Waals surface area contributed by atoms with E-state index in [1.807, 2.05) is 0 Å². The summed E-state index contributed by atoms with van der Waals surface area (Å²) in [7, 11) is -3.54. The number of carboxylic acids is 1. The van der Waals surface area contributed by atoms with Gasteiger partial charge in [0.2, 0.25) is 10.0 Å². The van der Waals surface area contributed by atoms with E-state index >= 15 is 0 Å². The molecule has 1 fully saturated rings. The zero-order valence-corrected chi connectivity index (χ0v) is 14.1. The van der Waals surface area contributed by atoms with Gasteiger partial charge in [0, 0.05) is 18.0 Å². The molecule has 6 nitrogen and oxygen atoms in total. The highest BCUT2D eigenvalue weighted by atomic mass is 79.9. The minimum absolute atomic E-state index is 0.162. The summed E-state index contributed by atoms with van der Waals surface area (Å²) in [4.78, 5) is 11.5. The van der Waals surface area contributed by atoms with Gasteiger partial charge in [-0.05, 0) is 35.8 Å². The summed E-state index contributed by atoms with van der Waals surface area (Å²) in [6.07, 6.45) is 0. The number of halogens is 1. The van der Waals surface area contributed by atoms with Crippen LogP contribution in [0.2, 0.25) is 0 Å². The fourth-order valence-electron chi connectivity index (χ4n) is 2.02. The molecule has 1 aliphatic rings. The van der Waals surface area contributed by atoms with Crippen molar-refractivity contribution >= 4 is 43.3 Å². The molecule has 0 aromatic carbocycles. The normalized spacial score (nSPS) is 18.8. The summed E-state index contributed by atoms with van der Waals surface area (Å²) in [6, 6.07) is 1.59. The van der Waals surface area contributed by atoms with E-state index in [4.69, 9.17) is 9.84 Å². The number of hydrogen-bond acceptors (Lipinski definition) is 5. The van der Waals surface area contributed by atoms with Gasteiger partial charge in [-0.3, -0.25) is 0 Å². The van der Waals surface area contributed by atoms with Crippen LogP contribution in [0.3, 0.4) is 0 Å². The van der Waals surface area contributed by atoms with Crippen LogP contribution in [0, 0.1) is 6.92 Å². The summed E-state index contributed by atoms with van der Waals surface area (Å²) >= 11 is 4.64. The molecule has 0 atom stereocenters. The van der Waals surface area contributed by atoms with Gasteiger partial charge in [0.05, 0.1) is 14.3 Å². The molecule has 0 amide bonds. The Balaban J connectivity index is 2.08. The smallest absolute Gasteiger partial charge is 0.329 e. The molecule has 1 aliphatic heterocycles. The predicted molar refractivity (Wildman–Crippen MR) is 77.5 cm³/mol. The molecule has 1 saturated heterocycles. The molecule has 1 aromatic rings. The first-order chi connectivity index (χ1) is 9.14. The third kappa shape index (κ3) is 3.06. The lowest BCUT2D eigenvalue weighted by Gasteiger charge is -2.46. The number of carboxylic acid groups (broad SMARTS) is 1. The van der Waals surface area contributed by atoms with Gasteiger partial charge in [0.25, 0.3) is 0 Å². The SMILES string of the molecule is Cc1sc(Br)cc1S(=O)(=O)N1CC(C)(OCC(=O)O)C1. The molecule has 0 aliphatic carbocycles. The van der Waals surface area contributed by atoms with Crippen LogP contribution in [0.25, 0.3) is 0 Å². The van der Waals surface area contributed by atoms with Crippen molar-refractivity contribution in [2.45, 2.75) is 24.3 Å². The molecule has 20 heavy (non-hydrogen) atoms. The van der Waals surface area contributed by atoms with Crippen molar-refractivity contribution in [3.63, 3.8) is 0 Å². The van der Waals surface area contributed by atoms with Gasteiger partial charge in [0.15, 0.2) is 0 Å². The number of ether oxygens (including phenoxy) is 1. The van der Waals surface area contributed by atoms with Crippen LogP contribution in [0.5, 0.6) is 0 Å². The summed E-state index contributed by atoms with van der Waals surface area (Å²) in [5, 5.41) is 8.58. The van der Waals surface area contributed by atoms with Crippen molar-refractivity contribution in [2.75, 3.05) is 19.7 Å². The lowest BCUT2D eigenvalue weighted by Crippen LogP contribution is -2.63. The lowest BCUT2D eigenvalue weighted by molar-refractivity contribution is -0.157. The fraction of sp³-hybridized carbons (Fsp3) is 0.545. The Morgan fingerprint density at radius 2 is 2.20 bits per heavy atom. The zero-order chi connectivity index (χ0) is 15.1. The number of thiophene rings is 1. The second-order valence-corrected chi connectivity index (χ2v) is 9.42. The maximum atomic E-state index is 12.4. The van der Waals surface area contributed by atoms with E-state index < -0.39 is 28.2 Å². The Morgan fingerprint density at radius 3 is 2.65 bits per heavy atom. The second kappa shape index (κ2) is 5.38. The highest BCUT2D eigenvalue weighted by Gasteiger charge is 2.47. The molecular formula is C11H14BrNO5S2. The topological polar surface area (TPSA) is 83.9 Å². The summed E-state index contributed by atoms with van der Waals surface area (Å²) in [5.41, 5.74) is -0.730. The zero-order valence-electron chi connectivity index (χ0n) is 10.9. The Kier molecular flexibility index (Phi) is 4.27. The van der Waals surface area contributed by atoms with Crippen LogP contribution in [-0.2, 0) is 19.6 Å². The third-order valence-electron chi connectivity index (χ3n) is 3.03. The third-order valence-corrected chi connectivity index (χ3v) is 6.63. The van der Waals surface area contributed by atoms with E-state index in [0.29, 0.717) is 0 Å². The first-order valence-corrected chi connectivity index (χ1v) is 8.81. The Hall–Kier alpha value is -0.480. The number of hydrogen-bond donors (Lipinski definition) is 1. The van der Waals surface area contributed by atoms with Crippen molar-refractivity contribution in [1.29, 1.82) is 0 Å². The molecule has 2 rings (SSSR count). The number of sulfonamides is 1. The molecule has 0 unspecified atom stereocenters. The van der Waals surface area contributed by atoms with Gasteiger partial charge in [0.1, 0.15) is 6.61 Å². The summed E-state index contributed by atoms with van der Waals surface area (Å²) in [6.45, 7) is 3.36. The van der Waals surface area contributed by atoms with Gasteiger partial charge in [-0.1, -0.05) is 0 Å². The van der Waals surface area contributed by atoms with Crippen LogP contribution < -0.4 is 0 Å². The van der Waals surface area contributed by atoms with E-state index in [2.05, 4.69) is 15.9 Å². The number of aliphatic carboxylic acids is 1. The van der Waals surface area contributed by atoms with E-state index in [-0.39, 0.29) is 18.0 Å². The molecule has 0 radical (unpaired) electrons. The maximum absolute atomic E-state index is 12.4. The van der Waals surface area contributed by atoms with Crippen LogP contribution in [0.15, 0.2) is 14.7 Å². The predicted octanol–water partition coefficient (Wildman–Crippen LogP) is 1.68. The molecule has 0 spiro atoms. The van der Waals surface area contributed by atoms with Crippen LogP contribution >= 0.6 is 27.3 Å². The van der Waals surface area contributed by atoms with Crippen molar-refractivity contribution in [3.05, 3.63) is 14.7 Å². The Bertz CT molecular complexity index is 633. The molecule has 1 N–H and O–H groups in total. The number of rotatable bonds is 5. The van der Waals surface area contributed by atoms with E-state index in [1.54, 1.807) is 19.9 Å². The van der Waals surface area contributed by atoms with Crippen molar-refractivity contribution < 1.29 is 23.1 Å². The van der Waals surface area contributed by atoms with E-state index in [0.717, 1.165) is 8.66 Å². The van der Waals surface area contributed by atoms with Gasteiger partial charge < -0.3 is 9.84 Å². The van der Waals surface area contributed by atoms with Crippen molar-refractivity contribution in [3.8, 4) is 0 Å². The number of nitrogens with zero attached hydrogens (tertiary/aromatic N) is 1. The summed E-state index contributed by atoms with van der Waals surface area (Å²) < 4.78 is 32.1. The fourth-order valence-corrected chi connectivity index (χ4v) is 6.07. The molecule has 9 heteroatoms. The first-order valence-electron chi connectivity index (χ1n) is 5.76. The maximum Gasteiger partial charge on any atom is 0.329 e. The van der Waals surface area contributed by atoms with Crippen LogP contribution in [0.4, 0.5) is 0 Å². The highest BCUT2D eigenvalue weighted by Crippen LogP contribution is 2.36. The Morgan fingerprint density at radius 1 is 1.60 bits per heavy atom. The van der Waals surface area contributed by atoms with Gasteiger partial charge >= 0.3 is 5.97 Å². The average molecular weight is 384 g/mol. The van der Waals surface area contributed by atoms with Gasteiger partial charge in [-0.15, -0.1) is 11.3 Å².